The molecule has 2 unspecified atom stereocenters. The molecule has 0 aromatic rings. The quantitative estimate of drug-likeness (QED) is 0.704. The third-order valence-electron chi connectivity index (χ3n) is 3.71. The summed E-state index contributed by atoms with van der Waals surface area (Å²) in [5.41, 5.74) is 0. The van der Waals surface area contributed by atoms with Crippen LogP contribution in [0.2, 0.25) is 0 Å². The Morgan fingerprint density at radius 1 is 1.21 bits per heavy atom. The van der Waals surface area contributed by atoms with E-state index in [0.29, 0.717) is 6.61 Å². The molecule has 82 valence electrons. The second-order valence-electron chi connectivity index (χ2n) is 4.91. The summed E-state index contributed by atoms with van der Waals surface area (Å²) in [7, 11) is 2.23. The number of aliphatic hydroxyl groups excluding tert-OH is 1. The van der Waals surface area contributed by atoms with Crippen LogP contribution in [0.1, 0.15) is 12.8 Å². The van der Waals surface area contributed by atoms with Crippen molar-refractivity contribution < 1.29 is 5.11 Å². The summed E-state index contributed by atoms with van der Waals surface area (Å²) in [6, 6.07) is 0. The molecule has 3 heteroatoms. The largest absolute Gasteiger partial charge is 0.396 e. The van der Waals surface area contributed by atoms with E-state index in [9.17, 15) is 0 Å². The van der Waals surface area contributed by atoms with Crippen LogP contribution in [0, 0.1) is 11.8 Å². The van der Waals surface area contributed by atoms with Gasteiger partial charge in [-0.2, -0.15) is 0 Å². The lowest BCUT2D eigenvalue weighted by Crippen LogP contribution is -2.37. The predicted molar refractivity (Wildman–Crippen MR) is 57.2 cm³/mol. The highest BCUT2D eigenvalue weighted by Gasteiger charge is 2.35. The Balaban J connectivity index is 1.80. The van der Waals surface area contributed by atoms with Gasteiger partial charge in [-0.1, -0.05) is 0 Å². The molecule has 2 aliphatic heterocycles. The normalized spacial score (nSPS) is 34.7. The van der Waals surface area contributed by atoms with Crippen molar-refractivity contribution in [1.29, 1.82) is 0 Å². The number of rotatable bonds is 3. The van der Waals surface area contributed by atoms with Gasteiger partial charge >= 0.3 is 0 Å². The van der Waals surface area contributed by atoms with Gasteiger partial charge in [0, 0.05) is 32.8 Å². The van der Waals surface area contributed by atoms with E-state index in [4.69, 9.17) is 5.11 Å². The van der Waals surface area contributed by atoms with Gasteiger partial charge < -0.3 is 14.9 Å². The molecule has 1 N–H and O–H groups in total. The van der Waals surface area contributed by atoms with Gasteiger partial charge in [-0.25, -0.2) is 0 Å². The van der Waals surface area contributed by atoms with E-state index < -0.39 is 0 Å². The Morgan fingerprint density at radius 3 is 2.79 bits per heavy atom. The minimum absolute atomic E-state index is 0.339. The number of hydrogen-bond donors (Lipinski definition) is 1. The van der Waals surface area contributed by atoms with E-state index in [2.05, 4.69) is 16.8 Å². The van der Waals surface area contributed by atoms with Crippen LogP contribution in [-0.2, 0) is 0 Å². The molecule has 3 nitrogen and oxygen atoms in total. The maximum Gasteiger partial charge on any atom is 0.0443 e. The van der Waals surface area contributed by atoms with Crippen molar-refractivity contribution >= 4 is 0 Å². The number of piperidine rings is 1. The number of nitrogens with zero attached hydrogens (tertiary/aromatic N) is 2. The Morgan fingerprint density at radius 2 is 2.00 bits per heavy atom. The molecule has 0 spiro atoms. The smallest absolute Gasteiger partial charge is 0.0443 e. The van der Waals surface area contributed by atoms with E-state index in [-0.39, 0.29) is 0 Å². The zero-order chi connectivity index (χ0) is 9.97. The van der Waals surface area contributed by atoms with Crippen molar-refractivity contribution in [1.82, 2.24) is 9.80 Å². The van der Waals surface area contributed by atoms with E-state index in [1.807, 2.05) is 0 Å². The van der Waals surface area contributed by atoms with Crippen molar-refractivity contribution in [2.45, 2.75) is 12.8 Å². The van der Waals surface area contributed by atoms with Gasteiger partial charge in [0.25, 0.3) is 0 Å². The highest BCUT2D eigenvalue weighted by Crippen LogP contribution is 2.30. The standard InChI is InChI=1S/C11H22N2O/c1-12-5-3-10-8-13(4-2-6-14)9-11(10)7-12/h10-11,14H,2-9H2,1H3. The predicted octanol–water partition coefficient (Wildman–Crippen LogP) is 0.252. The fourth-order valence-corrected chi connectivity index (χ4v) is 2.92. The molecule has 0 radical (unpaired) electrons. The molecule has 2 rings (SSSR count). The lowest BCUT2D eigenvalue weighted by Gasteiger charge is -2.31. The van der Waals surface area contributed by atoms with Gasteiger partial charge in [-0.05, 0) is 38.3 Å². The Hall–Kier alpha value is -0.120. The maximum atomic E-state index is 8.79. The zero-order valence-electron chi connectivity index (χ0n) is 9.15. The van der Waals surface area contributed by atoms with Crippen LogP contribution < -0.4 is 0 Å². The van der Waals surface area contributed by atoms with Gasteiger partial charge in [-0.15, -0.1) is 0 Å². The van der Waals surface area contributed by atoms with Crippen LogP contribution in [0.15, 0.2) is 0 Å². The summed E-state index contributed by atoms with van der Waals surface area (Å²) in [5.74, 6) is 1.83. The average molecular weight is 198 g/mol. The Bertz CT molecular complexity index is 186. The molecular weight excluding hydrogens is 176 g/mol. The van der Waals surface area contributed by atoms with Crippen LogP contribution in [0.5, 0.6) is 0 Å². The molecule has 14 heavy (non-hydrogen) atoms. The highest BCUT2D eigenvalue weighted by atomic mass is 16.3. The molecule has 2 heterocycles. The molecule has 2 atom stereocenters. The highest BCUT2D eigenvalue weighted by molar-refractivity contribution is 4.88. The van der Waals surface area contributed by atoms with Crippen LogP contribution >= 0.6 is 0 Å². The monoisotopic (exact) mass is 198 g/mol. The minimum Gasteiger partial charge on any atom is -0.396 e. The van der Waals surface area contributed by atoms with Gasteiger partial charge in [0.1, 0.15) is 0 Å². The van der Waals surface area contributed by atoms with Crippen LogP contribution in [0.4, 0.5) is 0 Å². The molecule has 2 aliphatic rings. The van der Waals surface area contributed by atoms with Crippen molar-refractivity contribution in [3.8, 4) is 0 Å². The van der Waals surface area contributed by atoms with E-state index >= 15 is 0 Å². The molecule has 0 amide bonds. The SMILES string of the molecule is CN1CCC2CN(CCCO)CC2C1. The average Bonchev–Trinajstić information content (AvgIpc) is 2.56. The summed E-state index contributed by atoms with van der Waals surface area (Å²) in [6.45, 7) is 6.52. The first-order chi connectivity index (χ1) is 6.79. The molecule has 0 saturated carbocycles. The van der Waals surface area contributed by atoms with Gasteiger partial charge in [0.15, 0.2) is 0 Å². The van der Waals surface area contributed by atoms with Crippen LogP contribution in [-0.4, -0.2) is 61.3 Å². The summed E-state index contributed by atoms with van der Waals surface area (Å²) in [6.07, 6.45) is 2.31. The molecule has 0 bridgehead atoms. The third-order valence-corrected chi connectivity index (χ3v) is 3.71. The zero-order valence-corrected chi connectivity index (χ0v) is 9.15. The fraction of sp³-hybridized carbons (Fsp3) is 1.00. The minimum atomic E-state index is 0.339. The number of aliphatic hydroxyl groups is 1. The first kappa shape index (κ1) is 10.4. The van der Waals surface area contributed by atoms with Gasteiger partial charge in [-0.3, -0.25) is 0 Å². The second kappa shape index (κ2) is 4.60. The summed E-state index contributed by atoms with van der Waals surface area (Å²) >= 11 is 0. The Kier molecular flexibility index (Phi) is 3.42. The molecule has 2 saturated heterocycles. The summed E-state index contributed by atoms with van der Waals surface area (Å²) in [5, 5.41) is 8.79. The fourth-order valence-electron chi connectivity index (χ4n) is 2.92. The van der Waals surface area contributed by atoms with E-state index in [1.165, 1.54) is 32.6 Å². The molecule has 2 fully saturated rings. The lowest BCUT2D eigenvalue weighted by molar-refractivity contribution is 0.178. The van der Waals surface area contributed by atoms with Crippen molar-refractivity contribution in [2.75, 3.05) is 46.4 Å². The first-order valence-electron chi connectivity index (χ1n) is 5.81. The van der Waals surface area contributed by atoms with Crippen molar-refractivity contribution in [3.63, 3.8) is 0 Å². The van der Waals surface area contributed by atoms with E-state index in [1.54, 1.807) is 0 Å². The van der Waals surface area contributed by atoms with Gasteiger partial charge in [0.2, 0.25) is 0 Å². The molecule has 0 aromatic carbocycles. The number of hydrogen-bond acceptors (Lipinski definition) is 3. The third kappa shape index (κ3) is 2.27. The molecular formula is C11H22N2O. The number of likely N-dealkylation sites (tertiary alicyclic amines) is 2. The summed E-state index contributed by atoms with van der Waals surface area (Å²) < 4.78 is 0. The maximum absolute atomic E-state index is 8.79. The van der Waals surface area contributed by atoms with Crippen molar-refractivity contribution in [2.24, 2.45) is 11.8 Å². The van der Waals surface area contributed by atoms with E-state index in [0.717, 1.165) is 24.8 Å². The van der Waals surface area contributed by atoms with Crippen molar-refractivity contribution in [3.05, 3.63) is 0 Å². The van der Waals surface area contributed by atoms with Crippen LogP contribution in [0.25, 0.3) is 0 Å². The Labute approximate surface area is 86.7 Å². The topological polar surface area (TPSA) is 26.7 Å². The summed E-state index contributed by atoms with van der Waals surface area (Å²) in [4.78, 5) is 4.99. The first-order valence-corrected chi connectivity index (χ1v) is 5.81. The van der Waals surface area contributed by atoms with Gasteiger partial charge in [0.05, 0.1) is 0 Å². The molecule has 0 aromatic heterocycles. The second-order valence-corrected chi connectivity index (χ2v) is 4.91. The number of fused-ring (bicyclic) bond motifs is 1. The lowest BCUT2D eigenvalue weighted by atomic mass is 9.89. The van der Waals surface area contributed by atoms with Crippen LogP contribution in [0.3, 0.4) is 0 Å². The molecule has 0 aliphatic carbocycles.